The summed E-state index contributed by atoms with van der Waals surface area (Å²) in [5, 5.41) is 45.1. The number of ketones is 2. The number of ether oxygens (including phenoxy) is 1. The van der Waals surface area contributed by atoms with Crippen LogP contribution in [-0.2, 0) is 14.3 Å². The van der Waals surface area contributed by atoms with Gasteiger partial charge in [-0.05, 0) is 42.5 Å². The van der Waals surface area contributed by atoms with Gasteiger partial charge in [-0.3, -0.25) is 9.59 Å². The topological polar surface area (TPSA) is 141 Å². The molecule has 37 heavy (non-hydrogen) atoms. The zero-order chi connectivity index (χ0) is 26.1. The number of fused-ring (bicyclic) bond motifs is 3. The Morgan fingerprint density at radius 3 is 2.14 bits per heavy atom. The molecule has 0 amide bonds. The fourth-order valence-electron chi connectivity index (χ4n) is 6.63. The van der Waals surface area contributed by atoms with Crippen LogP contribution in [0.15, 0.2) is 41.5 Å². The molecule has 0 aliphatic heterocycles. The molecule has 3 aliphatic carbocycles. The average molecular weight is 941 g/mol. The zero-order valence-electron chi connectivity index (χ0n) is 21.8. The van der Waals surface area contributed by atoms with Gasteiger partial charge in [-0.2, -0.15) is 0 Å². The van der Waals surface area contributed by atoms with Crippen LogP contribution in [0.25, 0.3) is 0 Å². The molecule has 2 radical (unpaired) electrons. The van der Waals surface area contributed by atoms with Crippen molar-refractivity contribution >= 4 is 17.5 Å². The molecule has 8 nitrogen and oxygen atoms in total. The fourth-order valence-corrected chi connectivity index (χ4v) is 6.63. The Morgan fingerprint density at radius 1 is 1.00 bits per heavy atom. The van der Waals surface area contributed by atoms with Gasteiger partial charge in [-0.1, -0.05) is 45.9 Å². The largest absolute Gasteiger partial charge is 0.455 e. The van der Waals surface area contributed by atoms with Gasteiger partial charge in [-0.25, -0.2) is 4.79 Å². The summed E-state index contributed by atoms with van der Waals surface area (Å²) in [5.41, 5.74) is -4.23. The molecule has 1 aromatic rings. The molecule has 2 bridgehead atoms. The molecule has 8 atom stereocenters. The Balaban J connectivity index is 0.00000241. The molecule has 2 saturated carbocycles. The van der Waals surface area contributed by atoms with Gasteiger partial charge >= 0.3 is 5.97 Å². The maximum atomic E-state index is 13.9. The van der Waals surface area contributed by atoms with Crippen molar-refractivity contribution in [3.8, 4) is 0 Å². The van der Waals surface area contributed by atoms with E-state index in [9.17, 15) is 34.8 Å². The van der Waals surface area contributed by atoms with Crippen LogP contribution in [-0.4, -0.2) is 68.0 Å². The van der Waals surface area contributed by atoms with E-state index in [1.807, 2.05) is 0 Å². The van der Waals surface area contributed by atoms with E-state index in [-0.39, 0.29) is 112 Å². The van der Waals surface area contributed by atoms with E-state index in [1.165, 1.54) is 19.1 Å². The number of Topliss-reactive ketones (excluding diaryl/α,β-unsaturated/α-hetero) is 2. The smallest absolute Gasteiger partial charge is 0.338 e. The summed E-state index contributed by atoms with van der Waals surface area (Å²) >= 11 is 0. The van der Waals surface area contributed by atoms with Crippen molar-refractivity contribution in [3.63, 3.8) is 0 Å². The molecule has 2 fully saturated rings. The Morgan fingerprint density at radius 2 is 1.57 bits per heavy atom. The fraction of sp³-hybridized carbons (Fsp3) is 0.593. The summed E-state index contributed by atoms with van der Waals surface area (Å²) in [6.07, 6.45) is -6.22. The molecular weight excluding hydrogens is 906 g/mol. The zero-order valence-corrected chi connectivity index (χ0v) is 31.3. The van der Waals surface area contributed by atoms with Crippen LogP contribution in [0.2, 0.25) is 0 Å². The number of carbonyl (C=O) groups is 3. The van der Waals surface area contributed by atoms with Gasteiger partial charge in [0, 0.05) is 105 Å². The minimum Gasteiger partial charge on any atom is -0.455 e. The van der Waals surface area contributed by atoms with Gasteiger partial charge in [0.15, 0.2) is 11.6 Å². The van der Waals surface area contributed by atoms with Crippen LogP contribution >= 0.6 is 0 Å². The van der Waals surface area contributed by atoms with Crippen molar-refractivity contribution in [1.29, 1.82) is 0 Å². The number of aliphatic hydroxyl groups excluding tert-OH is 3. The van der Waals surface area contributed by atoms with E-state index in [0.717, 1.165) is 0 Å². The third-order valence-corrected chi connectivity index (χ3v) is 9.14. The molecule has 0 heterocycles. The Bertz CT molecular complexity index is 1100. The summed E-state index contributed by atoms with van der Waals surface area (Å²) in [5.74, 6) is -4.21. The van der Waals surface area contributed by atoms with Gasteiger partial charge < -0.3 is 25.2 Å². The molecule has 4 N–H and O–H groups in total. The van der Waals surface area contributed by atoms with E-state index >= 15 is 0 Å². The number of hydrogen-bond acceptors (Lipinski definition) is 8. The summed E-state index contributed by atoms with van der Waals surface area (Å²) in [6.45, 7) is 8.04. The average Bonchev–Trinajstić information content (AvgIpc) is 2.80. The third kappa shape index (κ3) is 5.08. The predicted molar refractivity (Wildman–Crippen MR) is 125 cm³/mol. The second kappa shape index (κ2) is 11.8. The van der Waals surface area contributed by atoms with Crippen molar-refractivity contribution in [2.45, 2.75) is 77.5 Å². The molecule has 4 rings (SSSR count). The number of benzene rings is 1. The minimum atomic E-state index is -2.04. The molecule has 1 aromatic carbocycles. The molecule has 3 aliphatic rings. The van der Waals surface area contributed by atoms with E-state index in [2.05, 4.69) is 0 Å². The summed E-state index contributed by atoms with van der Waals surface area (Å²) in [6, 6.07) is 8.06. The Kier molecular flexibility index (Phi) is 10.7. The number of esters is 1. The van der Waals surface area contributed by atoms with Crippen molar-refractivity contribution in [1.82, 2.24) is 0 Å². The molecule has 2 unspecified atom stereocenters. The number of hydrogen-bond donors (Lipinski definition) is 4. The van der Waals surface area contributed by atoms with E-state index < -0.39 is 70.2 Å². The van der Waals surface area contributed by atoms with Crippen LogP contribution in [0.1, 0.15) is 57.8 Å². The van der Waals surface area contributed by atoms with Crippen molar-refractivity contribution in [2.24, 2.45) is 22.7 Å². The second-order valence-corrected chi connectivity index (χ2v) is 11.1. The first-order valence-corrected chi connectivity index (χ1v) is 12.0. The number of carbonyl (C=O) groups excluding carboxylic acids is 3. The van der Waals surface area contributed by atoms with Gasteiger partial charge in [0.05, 0.1) is 17.6 Å². The maximum Gasteiger partial charge on any atom is 0.338 e. The normalized spacial score (nSPS) is 38.8. The van der Waals surface area contributed by atoms with Gasteiger partial charge in [0.25, 0.3) is 0 Å². The van der Waals surface area contributed by atoms with Crippen LogP contribution in [0, 0.1) is 111 Å². The molecule has 0 spiro atoms. The first-order chi connectivity index (χ1) is 16.2. The quantitative estimate of drug-likeness (QED) is 0.259. The Labute approximate surface area is 288 Å². The van der Waals surface area contributed by atoms with Crippen LogP contribution in [0.5, 0.6) is 0 Å². The van der Waals surface area contributed by atoms with Crippen molar-refractivity contribution < 1.29 is 128 Å². The van der Waals surface area contributed by atoms with Gasteiger partial charge in [0.1, 0.15) is 23.9 Å². The van der Waals surface area contributed by atoms with Gasteiger partial charge in [0.2, 0.25) is 0 Å². The van der Waals surface area contributed by atoms with Crippen LogP contribution < -0.4 is 0 Å². The molecular formula is C27H34Ac2O8. The van der Waals surface area contributed by atoms with Crippen molar-refractivity contribution in [2.75, 3.05) is 0 Å². The predicted octanol–water partition coefficient (Wildman–Crippen LogP) is 1.59. The van der Waals surface area contributed by atoms with E-state index in [4.69, 9.17) is 4.74 Å². The SMILES string of the molecule is CC1=C2[C@@H](O)C(=O)[C@]3(C)C(C)C[C@H](O)C(=O)C3[C@H](OC(=O)c3ccccc3)[C@](O)(C[C@@H]1O)C2(C)C.[Ac].[Ac]. The van der Waals surface area contributed by atoms with Crippen molar-refractivity contribution in [3.05, 3.63) is 47.0 Å². The molecule has 0 aromatic heterocycles. The first-order valence-electron chi connectivity index (χ1n) is 12.0. The molecule has 196 valence electrons. The number of rotatable bonds is 2. The monoisotopic (exact) mass is 940 g/mol. The Hall–Kier alpha value is 0.493. The minimum absolute atomic E-state index is 0. The van der Waals surface area contributed by atoms with E-state index in [0.29, 0.717) is 5.57 Å². The first kappa shape index (κ1) is 33.7. The summed E-state index contributed by atoms with van der Waals surface area (Å²) in [7, 11) is 0. The third-order valence-electron chi connectivity index (χ3n) is 9.14. The second-order valence-electron chi connectivity index (χ2n) is 11.1. The summed E-state index contributed by atoms with van der Waals surface area (Å²) < 4.78 is 5.92. The van der Waals surface area contributed by atoms with Crippen LogP contribution in [0.3, 0.4) is 0 Å². The molecule has 10 heteroatoms. The standard InChI is InChI=1S/C27H34O8.2Ac/c1-13-11-16(28)20(30)19-23(35-24(33)15-9-7-6-8-10-15)27(34)12-17(29)14(2)18(25(27,3)4)21(31)22(32)26(13,19)5;;/h6-10,13,16-17,19,21,23,28-29,31,34H,11-12H2,1-5H3;;/t13?,16-,17-,19?,21+,23-,26+,27+;;/m0../s1. The van der Waals surface area contributed by atoms with Crippen LogP contribution in [0.4, 0.5) is 0 Å². The van der Waals surface area contributed by atoms with E-state index in [1.54, 1.807) is 45.9 Å². The summed E-state index contributed by atoms with van der Waals surface area (Å²) in [4.78, 5) is 40.7. The number of aliphatic hydroxyl groups is 4. The van der Waals surface area contributed by atoms with Gasteiger partial charge in [-0.15, -0.1) is 0 Å². The maximum absolute atomic E-state index is 13.9. The molecule has 0 saturated heterocycles.